The predicted molar refractivity (Wildman–Crippen MR) is 132 cm³/mol. The van der Waals surface area contributed by atoms with Gasteiger partial charge in [-0.1, -0.05) is 54.5 Å². The molecule has 0 spiro atoms. The number of hydrogen-bond donors (Lipinski definition) is 2. The van der Waals surface area contributed by atoms with Gasteiger partial charge in [0.2, 0.25) is 0 Å². The molecule has 0 aromatic heterocycles. The predicted octanol–water partition coefficient (Wildman–Crippen LogP) is 7.00. The third kappa shape index (κ3) is 2.72. The van der Waals surface area contributed by atoms with Crippen molar-refractivity contribution in [3.8, 4) is 0 Å². The summed E-state index contributed by atoms with van der Waals surface area (Å²) in [4.78, 5) is 0. The number of allylic oxidation sites excluding steroid dienone is 1. The summed E-state index contributed by atoms with van der Waals surface area (Å²) in [5, 5.41) is 21.0. The Hall–Kier alpha value is -0.340. The second-order valence-corrected chi connectivity index (χ2v) is 14.7. The Labute approximate surface area is 197 Å². The molecule has 0 amide bonds. The lowest BCUT2D eigenvalue weighted by Gasteiger charge is -2.73. The fourth-order valence-corrected chi connectivity index (χ4v) is 11.4. The van der Waals surface area contributed by atoms with Crippen LogP contribution in [0.15, 0.2) is 11.6 Å². The van der Waals surface area contributed by atoms with Gasteiger partial charge in [-0.2, -0.15) is 0 Å². The second kappa shape index (κ2) is 7.09. The largest absolute Gasteiger partial charge is 0.393 e. The zero-order valence-electron chi connectivity index (χ0n) is 22.0. The molecule has 5 aliphatic carbocycles. The summed E-state index contributed by atoms with van der Waals surface area (Å²) >= 11 is 0. The van der Waals surface area contributed by atoms with Crippen LogP contribution in [0, 0.1) is 56.7 Å². The highest BCUT2D eigenvalue weighted by atomic mass is 16.3. The molecule has 0 aromatic carbocycles. The molecule has 0 aromatic rings. The van der Waals surface area contributed by atoms with Gasteiger partial charge >= 0.3 is 0 Å². The maximum Gasteiger partial charge on any atom is 0.0644 e. The average molecular weight is 443 g/mol. The van der Waals surface area contributed by atoms with Crippen LogP contribution in [-0.2, 0) is 0 Å². The van der Waals surface area contributed by atoms with Gasteiger partial charge in [0.05, 0.1) is 12.7 Å². The summed E-state index contributed by atoms with van der Waals surface area (Å²) in [7, 11) is 0. The first kappa shape index (κ1) is 23.4. The van der Waals surface area contributed by atoms with Gasteiger partial charge in [-0.3, -0.25) is 0 Å². The lowest BCUT2D eigenvalue weighted by Crippen LogP contribution is -2.67. The van der Waals surface area contributed by atoms with Crippen LogP contribution in [-0.4, -0.2) is 22.9 Å². The fraction of sp³-hybridized carbons (Fsp3) is 0.933. The molecule has 2 nitrogen and oxygen atoms in total. The van der Waals surface area contributed by atoms with Gasteiger partial charge in [0.1, 0.15) is 0 Å². The van der Waals surface area contributed by atoms with Gasteiger partial charge in [-0.05, 0) is 120 Å². The quantitative estimate of drug-likeness (QED) is 0.429. The highest BCUT2D eigenvalue weighted by Crippen LogP contribution is 2.76. The summed E-state index contributed by atoms with van der Waals surface area (Å²) in [6.07, 6.45) is 13.7. The molecule has 0 radical (unpaired) electrons. The van der Waals surface area contributed by atoms with Crippen LogP contribution in [0.2, 0.25) is 0 Å². The number of aliphatic hydroxyl groups excluding tert-OH is 2. The molecule has 2 N–H and O–H groups in total. The third-order valence-electron chi connectivity index (χ3n) is 13.5. The van der Waals surface area contributed by atoms with Crippen molar-refractivity contribution in [2.24, 2.45) is 56.7 Å². The van der Waals surface area contributed by atoms with Crippen LogP contribution in [0.3, 0.4) is 0 Å². The summed E-state index contributed by atoms with van der Waals surface area (Å²) < 4.78 is 0. The molecule has 4 saturated carbocycles. The molecule has 10 atom stereocenters. The Morgan fingerprint density at radius 2 is 1.56 bits per heavy atom. The van der Waals surface area contributed by atoms with E-state index in [1.54, 1.807) is 0 Å². The zero-order chi connectivity index (χ0) is 23.3. The summed E-state index contributed by atoms with van der Waals surface area (Å²) in [5.41, 5.74) is 2.89. The molecule has 5 aliphatic rings. The SMILES string of the molecule is CC1C(CO)=CCC2(C)CCC3(C)C(CCC4C5(C)CCC(O)C(C)(C)C5CCC43C)C12. The van der Waals surface area contributed by atoms with Crippen molar-refractivity contribution in [1.29, 1.82) is 0 Å². The molecule has 182 valence electrons. The maximum atomic E-state index is 10.9. The van der Waals surface area contributed by atoms with Gasteiger partial charge in [0.15, 0.2) is 0 Å². The van der Waals surface area contributed by atoms with Crippen LogP contribution in [0.4, 0.5) is 0 Å². The van der Waals surface area contributed by atoms with Crippen LogP contribution >= 0.6 is 0 Å². The molecule has 5 rings (SSSR count). The van der Waals surface area contributed by atoms with E-state index in [4.69, 9.17) is 0 Å². The Bertz CT molecular complexity index is 799. The van der Waals surface area contributed by atoms with Crippen LogP contribution in [0.25, 0.3) is 0 Å². The summed E-state index contributed by atoms with van der Waals surface area (Å²) in [6, 6.07) is 0. The van der Waals surface area contributed by atoms with E-state index < -0.39 is 0 Å². The number of rotatable bonds is 1. The van der Waals surface area contributed by atoms with Crippen molar-refractivity contribution >= 4 is 0 Å². The van der Waals surface area contributed by atoms with Crippen LogP contribution in [0.1, 0.15) is 106 Å². The number of hydrogen-bond acceptors (Lipinski definition) is 2. The molecule has 10 unspecified atom stereocenters. The molecule has 0 aliphatic heterocycles. The van der Waals surface area contributed by atoms with Crippen molar-refractivity contribution in [2.75, 3.05) is 6.61 Å². The number of fused-ring (bicyclic) bond motifs is 7. The molecule has 32 heavy (non-hydrogen) atoms. The normalized spacial score (nSPS) is 56.8. The minimum atomic E-state index is -0.140. The second-order valence-electron chi connectivity index (χ2n) is 14.7. The van der Waals surface area contributed by atoms with Gasteiger partial charge in [0, 0.05) is 0 Å². The van der Waals surface area contributed by atoms with E-state index in [9.17, 15) is 10.2 Å². The maximum absolute atomic E-state index is 10.9. The first-order chi connectivity index (χ1) is 14.8. The number of aliphatic hydroxyl groups is 2. The minimum absolute atomic E-state index is 0.0376. The lowest BCUT2D eigenvalue weighted by molar-refractivity contribution is -0.250. The van der Waals surface area contributed by atoms with E-state index in [2.05, 4.69) is 54.5 Å². The van der Waals surface area contributed by atoms with Crippen molar-refractivity contribution < 1.29 is 10.2 Å². The first-order valence-electron chi connectivity index (χ1n) is 13.8. The smallest absolute Gasteiger partial charge is 0.0644 e. The average Bonchev–Trinajstić information content (AvgIpc) is 2.72. The van der Waals surface area contributed by atoms with Gasteiger partial charge in [-0.25, -0.2) is 0 Å². The molecule has 0 bridgehead atoms. The first-order valence-corrected chi connectivity index (χ1v) is 13.8. The molecule has 2 heteroatoms. The van der Waals surface area contributed by atoms with E-state index >= 15 is 0 Å². The van der Waals surface area contributed by atoms with Crippen LogP contribution < -0.4 is 0 Å². The zero-order valence-corrected chi connectivity index (χ0v) is 22.0. The van der Waals surface area contributed by atoms with E-state index in [1.807, 2.05) is 0 Å². The lowest BCUT2D eigenvalue weighted by atomic mass is 9.31. The molecular weight excluding hydrogens is 392 g/mol. The van der Waals surface area contributed by atoms with E-state index in [0.29, 0.717) is 39.4 Å². The Morgan fingerprint density at radius 3 is 2.25 bits per heavy atom. The third-order valence-corrected chi connectivity index (χ3v) is 13.5. The Kier molecular flexibility index (Phi) is 5.19. The minimum Gasteiger partial charge on any atom is -0.393 e. The van der Waals surface area contributed by atoms with Crippen molar-refractivity contribution in [3.05, 3.63) is 11.6 Å². The van der Waals surface area contributed by atoms with Gasteiger partial charge in [0.25, 0.3) is 0 Å². The highest BCUT2D eigenvalue weighted by Gasteiger charge is 2.69. The van der Waals surface area contributed by atoms with E-state index in [1.165, 1.54) is 50.5 Å². The topological polar surface area (TPSA) is 40.5 Å². The van der Waals surface area contributed by atoms with Crippen molar-refractivity contribution in [1.82, 2.24) is 0 Å². The molecule has 4 fully saturated rings. The summed E-state index contributed by atoms with van der Waals surface area (Å²) in [6.45, 7) is 18.0. The van der Waals surface area contributed by atoms with E-state index in [-0.39, 0.29) is 18.1 Å². The monoisotopic (exact) mass is 442 g/mol. The molecule has 0 heterocycles. The fourth-order valence-electron chi connectivity index (χ4n) is 11.4. The van der Waals surface area contributed by atoms with Crippen molar-refractivity contribution in [3.63, 3.8) is 0 Å². The summed E-state index contributed by atoms with van der Waals surface area (Å²) in [5.74, 6) is 3.41. The molecular formula is C30H50O2. The van der Waals surface area contributed by atoms with Gasteiger partial charge in [-0.15, -0.1) is 0 Å². The Balaban J connectivity index is 1.54. The molecule has 0 saturated heterocycles. The van der Waals surface area contributed by atoms with Gasteiger partial charge < -0.3 is 10.2 Å². The van der Waals surface area contributed by atoms with Crippen molar-refractivity contribution in [2.45, 2.75) is 112 Å². The Morgan fingerprint density at radius 1 is 0.844 bits per heavy atom. The van der Waals surface area contributed by atoms with Crippen LogP contribution in [0.5, 0.6) is 0 Å². The standard InChI is InChI=1S/C30H50O2/c1-19-20(18-31)10-13-27(4)16-17-29(6)21(25(19)27)8-9-23-28(5)14-12-24(32)26(2,3)22(28)11-15-30(23,29)7/h10,19,21-25,31-32H,8-9,11-18H2,1-7H3. The van der Waals surface area contributed by atoms with E-state index in [0.717, 1.165) is 24.7 Å². The highest BCUT2D eigenvalue weighted by molar-refractivity contribution is 5.23.